The summed E-state index contributed by atoms with van der Waals surface area (Å²) in [6.07, 6.45) is 1.85. The standard InChI is InChI=1S/C22H27N5O4/c1-15-5-7-17(8-6-15)25-22(29)24-13-16-4-3-11-26(14-16)20-10-9-18(27(30)31)12-19(20)21(28)23-2/h5-10,12,16H,3-4,11,13-14H2,1-2H3,(H,23,28)(H2,24,25,29). The van der Waals surface area contributed by atoms with Gasteiger partial charge in [0.1, 0.15) is 0 Å². The van der Waals surface area contributed by atoms with Crippen molar-refractivity contribution in [3.8, 4) is 0 Å². The van der Waals surface area contributed by atoms with Crippen molar-refractivity contribution >= 4 is 29.0 Å². The Morgan fingerprint density at radius 3 is 2.61 bits per heavy atom. The molecule has 1 atom stereocenters. The fourth-order valence-corrected chi connectivity index (χ4v) is 3.73. The van der Waals surface area contributed by atoms with Gasteiger partial charge in [0.25, 0.3) is 11.6 Å². The van der Waals surface area contributed by atoms with Gasteiger partial charge in [0, 0.05) is 44.5 Å². The summed E-state index contributed by atoms with van der Waals surface area (Å²) in [4.78, 5) is 37.2. The minimum atomic E-state index is -0.508. The molecule has 2 aromatic rings. The van der Waals surface area contributed by atoms with E-state index in [1.165, 1.54) is 19.2 Å². The van der Waals surface area contributed by atoms with Crippen molar-refractivity contribution in [2.75, 3.05) is 36.9 Å². The average molecular weight is 425 g/mol. The van der Waals surface area contributed by atoms with Crippen LogP contribution in [0.5, 0.6) is 0 Å². The third-order valence-corrected chi connectivity index (χ3v) is 5.38. The number of anilines is 2. The molecular weight excluding hydrogens is 398 g/mol. The normalized spacial score (nSPS) is 15.8. The number of non-ortho nitro benzene ring substituents is 1. The number of carbonyl (C=O) groups excluding carboxylic acids is 2. The number of urea groups is 1. The van der Waals surface area contributed by atoms with Crippen LogP contribution in [0.3, 0.4) is 0 Å². The molecule has 0 radical (unpaired) electrons. The summed E-state index contributed by atoms with van der Waals surface area (Å²) in [5.41, 5.74) is 2.68. The summed E-state index contributed by atoms with van der Waals surface area (Å²) < 4.78 is 0. The van der Waals surface area contributed by atoms with Crippen molar-refractivity contribution in [2.45, 2.75) is 19.8 Å². The van der Waals surface area contributed by atoms with E-state index in [2.05, 4.69) is 20.9 Å². The third-order valence-electron chi connectivity index (χ3n) is 5.38. The van der Waals surface area contributed by atoms with Crippen molar-refractivity contribution < 1.29 is 14.5 Å². The fraction of sp³-hybridized carbons (Fsp3) is 0.364. The molecule has 1 aliphatic heterocycles. The van der Waals surface area contributed by atoms with Crippen molar-refractivity contribution in [2.24, 2.45) is 5.92 Å². The molecule has 0 spiro atoms. The highest BCUT2D eigenvalue weighted by molar-refractivity contribution is 6.00. The van der Waals surface area contributed by atoms with Gasteiger partial charge in [-0.25, -0.2) is 4.79 Å². The molecule has 1 unspecified atom stereocenters. The van der Waals surface area contributed by atoms with E-state index >= 15 is 0 Å². The van der Waals surface area contributed by atoms with Crippen LogP contribution in [0.1, 0.15) is 28.8 Å². The van der Waals surface area contributed by atoms with Gasteiger partial charge in [0.05, 0.1) is 16.2 Å². The number of piperidine rings is 1. The van der Waals surface area contributed by atoms with Crippen LogP contribution in [0, 0.1) is 23.0 Å². The van der Waals surface area contributed by atoms with Crippen LogP contribution in [0.25, 0.3) is 0 Å². The Kier molecular flexibility index (Phi) is 7.07. The number of nitro benzene ring substituents is 1. The van der Waals surface area contributed by atoms with Gasteiger partial charge in [-0.05, 0) is 43.9 Å². The van der Waals surface area contributed by atoms with E-state index in [9.17, 15) is 19.7 Å². The summed E-state index contributed by atoms with van der Waals surface area (Å²) in [6, 6.07) is 11.7. The van der Waals surface area contributed by atoms with E-state index in [1.54, 1.807) is 6.07 Å². The Labute approximate surface area is 181 Å². The summed E-state index contributed by atoms with van der Waals surface area (Å²) in [5, 5.41) is 19.4. The molecule has 1 heterocycles. The lowest BCUT2D eigenvalue weighted by Gasteiger charge is -2.35. The average Bonchev–Trinajstić information content (AvgIpc) is 2.78. The number of nitrogens with one attached hydrogen (secondary N) is 3. The quantitative estimate of drug-likeness (QED) is 0.485. The molecule has 3 rings (SSSR count). The number of aryl methyl sites for hydroxylation is 1. The maximum Gasteiger partial charge on any atom is 0.319 e. The van der Waals surface area contributed by atoms with Crippen molar-refractivity contribution in [1.29, 1.82) is 0 Å². The molecule has 1 saturated heterocycles. The Balaban J connectivity index is 1.63. The van der Waals surface area contributed by atoms with Gasteiger partial charge in [-0.15, -0.1) is 0 Å². The Bertz CT molecular complexity index is 961. The summed E-state index contributed by atoms with van der Waals surface area (Å²) >= 11 is 0. The molecule has 164 valence electrons. The topological polar surface area (TPSA) is 117 Å². The van der Waals surface area contributed by atoms with Gasteiger partial charge in [0.15, 0.2) is 0 Å². The lowest BCUT2D eigenvalue weighted by Crippen LogP contribution is -2.42. The molecule has 0 bridgehead atoms. The zero-order valence-corrected chi connectivity index (χ0v) is 17.7. The number of benzene rings is 2. The Morgan fingerprint density at radius 2 is 1.94 bits per heavy atom. The predicted molar refractivity (Wildman–Crippen MR) is 120 cm³/mol. The minimum absolute atomic E-state index is 0.120. The van der Waals surface area contributed by atoms with Gasteiger partial charge in [-0.3, -0.25) is 14.9 Å². The first-order chi connectivity index (χ1) is 14.9. The van der Waals surface area contributed by atoms with Crippen LogP contribution >= 0.6 is 0 Å². The SMILES string of the molecule is CNC(=O)c1cc([N+](=O)[O-])ccc1N1CCCC(CNC(=O)Nc2ccc(C)cc2)C1. The summed E-state index contributed by atoms with van der Waals surface area (Å²) in [7, 11) is 1.50. The molecule has 0 aliphatic carbocycles. The highest BCUT2D eigenvalue weighted by Crippen LogP contribution is 2.29. The number of rotatable bonds is 6. The van der Waals surface area contributed by atoms with Gasteiger partial charge >= 0.3 is 6.03 Å². The minimum Gasteiger partial charge on any atom is -0.371 e. The van der Waals surface area contributed by atoms with Crippen LogP contribution in [-0.4, -0.2) is 43.5 Å². The lowest BCUT2D eigenvalue weighted by atomic mass is 9.96. The number of hydrogen-bond acceptors (Lipinski definition) is 5. The number of carbonyl (C=O) groups is 2. The molecule has 3 amide bonds. The maximum absolute atomic E-state index is 12.3. The van der Waals surface area contributed by atoms with Crippen LogP contribution in [-0.2, 0) is 0 Å². The van der Waals surface area contributed by atoms with Crippen LogP contribution in [0.4, 0.5) is 21.9 Å². The predicted octanol–water partition coefficient (Wildman–Crippen LogP) is 3.30. The molecule has 1 fully saturated rings. The first kappa shape index (κ1) is 22.1. The molecular formula is C22H27N5O4. The van der Waals surface area contributed by atoms with Crippen LogP contribution in [0.2, 0.25) is 0 Å². The van der Waals surface area contributed by atoms with Crippen molar-refractivity contribution in [3.63, 3.8) is 0 Å². The highest BCUT2D eigenvalue weighted by Gasteiger charge is 2.25. The smallest absolute Gasteiger partial charge is 0.319 e. The molecule has 0 aromatic heterocycles. The zero-order valence-electron chi connectivity index (χ0n) is 17.7. The first-order valence-corrected chi connectivity index (χ1v) is 10.2. The van der Waals surface area contributed by atoms with Crippen molar-refractivity contribution in [3.05, 3.63) is 63.7 Å². The second kappa shape index (κ2) is 9.92. The van der Waals surface area contributed by atoms with Gasteiger partial charge in [-0.1, -0.05) is 17.7 Å². The second-order valence-corrected chi connectivity index (χ2v) is 7.69. The largest absolute Gasteiger partial charge is 0.371 e. The third kappa shape index (κ3) is 5.71. The molecule has 31 heavy (non-hydrogen) atoms. The fourth-order valence-electron chi connectivity index (χ4n) is 3.73. The van der Waals surface area contributed by atoms with E-state index in [4.69, 9.17) is 0 Å². The number of nitro groups is 1. The molecule has 2 aromatic carbocycles. The summed E-state index contributed by atoms with van der Waals surface area (Å²) in [6.45, 7) is 3.87. The van der Waals surface area contributed by atoms with Gasteiger partial charge in [0.2, 0.25) is 0 Å². The molecule has 1 aliphatic rings. The lowest BCUT2D eigenvalue weighted by molar-refractivity contribution is -0.384. The van der Waals surface area contributed by atoms with Gasteiger partial charge < -0.3 is 20.9 Å². The van der Waals surface area contributed by atoms with Crippen LogP contribution in [0.15, 0.2) is 42.5 Å². The number of hydrogen-bond donors (Lipinski definition) is 3. The van der Waals surface area contributed by atoms with Crippen LogP contribution < -0.4 is 20.9 Å². The Morgan fingerprint density at radius 1 is 1.19 bits per heavy atom. The first-order valence-electron chi connectivity index (χ1n) is 10.2. The van der Waals surface area contributed by atoms with E-state index in [1.807, 2.05) is 31.2 Å². The van der Waals surface area contributed by atoms with E-state index in [-0.39, 0.29) is 29.1 Å². The van der Waals surface area contributed by atoms with Gasteiger partial charge in [-0.2, -0.15) is 0 Å². The maximum atomic E-state index is 12.3. The number of nitrogens with zero attached hydrogens (tertiary/aromatic N) is 2. The summed E-state index contributed by atoms with van der Waals surface area (Å²) in [5.74, 6) is -0.165. The highest BCUT2D eigenvalue weighted by atomic mass is 16.6. The molecule has 9 heteroatoms. The number of amides is 3. The van der Waals surface area contributed by atoms with E-state index in [0.29, 0.717) is 18.8 Å². The molecule has 3 N–H and O–H groups in total. The monoisotopic (exact) mass is 425 g/mol. The second-order valence-electron chi connectivity index (χ2n) is 7.69. The van der Waals surface area contributed by atoms with Crippen molar-refractivity contribution in [1.82, 2.24) is 10.6 Å². The van der Waals surface area contributed by atoms with E-state index in [0.717, 1.165) is 30.6 Å². The van der Waals surface area contributed by atoms with E-state index < -0.39 is 4.92 Å². The molecule has 9 nitrogen and oxygen atoms in total. The Hall–Kier alpha value is -3.62. The molecule has 0 saturated carbocycles. The zero-order chi connectivity index (χ0) is 22.4.